The van der Waals surface area contributed by atoms with Crippen LogP contribution in [0.5, 0.6) is 5.75 Å². The largest absolute Gasteiger partial charge is 0.478 e. The minimum atomic E-state index is -0.993. The maximum Gasteiger partial charge on any atom is 0.335 e. The van der Waals surface area contributed by atoms with Gasteiger partial charge in [0.15, 0.2) is 11.5 Å². The Bertz CT molecular complexity index is 1060. The fraction of sp³-hybridized carbons (Fsp3) is 0.0435. The first-order valence-corrected chi connectivity index (χ1v) is 8.79. The minimum Gasteiger partial charge on any atom is -0.478 e. The number of fused-ring (bicyclic) bond motifs is 1. The average molecular weight is 371 g/mol. The van der Waals surface area contributed by atoms with E-state index in [0.29, 0.717) is 17.9 Å². The summed E-state index contributed by atoms with van der Waals surface area (Å²) in [7, 11) is 0. The van der Waals surface area contributed by atoms with Crippen molar-refractivity contribution in [1.29, 1.82) is 0 Å². The Labute approximate surface area is 162 Å². The topological polar surface area (TPSA) is 66.8 Å². The van der Waals surface area contributed by atoms with E-state index in [1.54, 1.807) is 23.1 Å². The lowest BCUT2D eigenvalue weighted by molar-refractivity contribution is -0.117. The third kappa shape index (κ3) is 3.50. The number of carboxylic acids is 1. The maximum atomic E-state index is 13.1. The van der Waals surface area contributed by atoms with Crippen LogP contribution in [0.3, 0.4) is 0 Å². The molecule has 0 radical (unpaired) electrons. The molecule has 0 fully saturated rings. The number of nitrogens with zero attached hydrogens (tertiary/aromatic N) is 1. The summed E-state index contributed by atoms with van der Waals surface area (Å²) in [5.41, 5.74) is 2.61. The van der Waals surface area contributed by atoms with Gasteiger partial charge in [0.2, 0.25) is 0 Å². The van der Waals surface area contributed by atoms with Gasteiger partial charge in [0, 0.05) is 0 Å². The zero-order valence-corrected chi connectivity index (χ0v) is 14.9. The van der Waals surface area contributed by atoms with Gasteiger partial charge in [-0.25, -0.2) is 4.79 Å². The quantitative estimate of drug-likeness (QED) is 0.693. The summed E-state index contributed by atoms with van der Waals surface area (Å²) < 4.78 is 5.85. The molecule has 0 saturated heterocycles. The Balaban J connectivity index is 1.70. The van der Waals surface area contributed by atoms with Crippen molar-refractivity contribution in [1.82, 2.24) is 0 Å². The number of hydrogen-bond acceptors (Lipinski definition) is 3. The number of amides is 1. The molecular formula is C23H17NO4. The van der Waals surface area contributed by atoms with Crippen LogP contribution in [0, 0.1) is 0 Å². The molecule has 0 spiro atoms. The number of aromatic carboxylic acids is 1. The predicted octanol–water partition coefficient (Wildman–Crippen LogP) is 4.35. The lowest BCUT2D eigenvalue weighted by Crippen LogP contribution is -2.36. The van der Waals surface area contributed by atoms with Gasteiger partial charge >= 0.3 is 5.97 Å². The van der Waals surface area contributed by atoms with Crippen molar-refractivity contribution in [2.45, 2.75) is 6.54 Å². The molecule has 1 N–H and O–H groups in total. The molecule has 0 aromatic heterocycles. The van der Waals surface area contributed by atoms with Crippen molar-refractivity contribution in [2.75, 3.05) is 4.90 Å². The van der Waals surface area contributed by atoms with E-state index in [0.717, 1.165) is 11.3 Å². The summed E-state index contributed by atoms with van der Waals surface area (Å²) >= 11 is 0. The molecule has 1 heterocycles. The summed E-state index contributed by atoms with van der Waals surface area (Å²) in [6.45, 7) is 0.426. The SMILES string of the molecule is O=C(O)c1ccc(/C=C2/Oc3ccccc3N(Cc3ccccc3)C2=O)cc1. The van der Waals surface area contributed by atoms with E-state index < -0.39 is 5.97 Å². The Morgan fingerprint density at radius 3 is 2.32 bits per heavy atom. The smallest absolute Gasteiger partial charge is 0.335 e. The second-order valence-electron chi connectivity index (χ2n) is 6.38. The number of anilines is 1. The first-order chi connectivity index (χ1) is 13.6. The summed E-state index contributed by atoms with van der Waals surface area (Å²) in [6.07, 6.45) is 1.63. The third-order valence-electron chi connectivity index (χ3n) is 4.47. The minimum absolute atomic E-state index is 0.189. The maximum absolute atomic E-state index is 13.1. The number of carbonyl (C=O) groups is 2. The van der Waals surface area contributed by atoms with E-state index in [1.165, 1.54) is 12.1 Å². The van der Waals surface area contributed by atoms with Crippen LogP contribution >= 0.6 is 0 Å². The van der Waals surface area contributed by atoms with Crippen LogP contribution in [0.4, 0.5) is 5.69 Å². The van der Waals surface area contributed by atoms with Crippen LogP contribution in [0.25, 0.3) is 6.08 Å². The highest BCUT2D eigenvalue weighted by molar-refractivity contribution is 6.09. The number of rotatable bonds is 4. The summed E-state index contributed by atoms with van der Waals surface area (Å²) in [4.78, 5) is 25.8. The van der Waals surface area contributed by atoms with E-state index >= 15 is 0 Å². The van der Waals surface area contributed by atoms with E-state index in [2.05, 4.69) is 0 Å². The first kappa shape index (κ1) is 17.5. The highest BCUT2D eigenvalue weighted by Gasteiger charge is 2.30. The predicted molar refractivity (Wildman–Crippen MR) is 106 cm³/mol. The molecule has 3 aromatic rings. The van der Waals surface area contributed by atoms with Crippen LogP contribution in [0.1, 0.15) is 21.5 Å². The molecule has 28 heavy (non-hydrogen) atoms. The molecule has 0 aliphatic carbocycles. The zero-order chi connectivity index (χ0) is 19.5. The number of ether oxygens (including phenoxy) is 1. The number of para-hydroxylation sites is 2. The molecule has 5 nitrogen and oxygen atoms in total. The van der Waals surface area contributed by atoms with E-state index in [4.69, 9.17) is 9.84 Å². The van der Waals surface area contributed by atoms with Gasteiger partial charge in [-0.3, -0.25) is 9.69 Å². The third-order valence-corrected chi connectivity index (χ3v) is 4.47. The van der Waals surface area contributed by atoms with Gasteiger partial charge in [-0.15, -0.1) is 0 Å². The van der Waals surface area contributed by atoms with Gasteiger partial charge in [0.1, 0.15) is 0 Å². The van der Waals surface area contributed by atoms with Crippen molar-refractivity contribution in [3.63, 3.8) is 0 Å². The molecule has 0 saturated carbocycles. The van der Waals surface area contributed by atoms with Gasteiger partial charge in [-0.1, -0.05) is 54.6 Å². The molecule has 1 aliphatic heterocycles. The molecule has 0 atom stereocenters. The summed E-state index contributed by atoms with van der Waals surface area (Å²) in [5.74, 6) is -0.443. The second kappa shape index (κ2) is 7.40. The fourth-order valence-electron chi connectivity index (χ4n) is 3.06. The standard InChI is InChI=1S/C23H17NO4/c25-22-21(14-16-10-12-18(13-11-16)23(26)27)28-20-9-5-4-8-19(20)24(22)15-17-6-2-1-3-7-17/h1-14H,15H2,(H,26,27)/b21-14+. The van der Waals surface area contributed by atoms with Crippen LogP contribution in [-0.4, -0.2) is 17.0 Å². The summed E-state index contributed by atoms with van der Waals surface area (Å²) in [5, 5.41) is 9.02. The van der Waals surface area contributed by atoms with Gasteiger partial charge in [-0.2, -0.15) is 0 Å². The average Bonchev–Trinajstić information content (AvgIpc) is 2.72. The molecule has 138 valence electrons. The fourth-order valence-corrected chi connectivity index (χ4v) is 3.06. The highest BCUT2D eigenvalue weighted by atomic mass is 16.5. The van der Waals surface area contributed by atoms with E-state index in [1.807, 2.05) is 54.6 Å². The molecular weight excluding hydrogens is 354 g/mol. The van der Waals surface area contributed by atoms with Crippen molar-refractivity contribution >= 4 is 23.6 Å². The summed E-state index contributed by atoms with van der Waals surface area (Å²) in [6, 6.07) is 23.4. The molecule has 0 bridgehead atoms. The normalized spacial score (nSPS) is 14.5. The Hall–Kier alpha value is -3.86. The second-order valence-corrected chi connectivity index (χ2v) is 6.38. The molecule has 0 unspecified atom stereocenters. The molecule has 1 aliphatic rings. The van der Waals surface area contributed by atoms with Gasteiger partial charge in [0.05, 0.1) is 17.8 Å². The van der Waals surface area contributed by atoms with Crippen LogP contribution in [0.15, 0.2) is 84.6 Å². The molecule has 4 rings (SSSR count). The van der Waals surface area contributed by atoms with Gasteiger partial charge in [-0.05, 0) is 41.5 Å². The van der Waals surface area contributed by atoms with Gasteiger partial charge in [0.25, 0.3) is 5.91 Å². The van der Waals surface area contributed by atoms with Crippen LogP contribution in [-0.2, 0) is 11.3 Å². The molecule has 1 amide bonds. The number of carbonyl (C=O) groups excluding carboxylic acids is 1. The lowest BCUT2D eigenvalue weighted by Gasteiger charge is -2.30. The van der Waals surface area contributed by atoms with Crippen molar-refractivity contribution in [3.8, 4) is 5.75 Å². The Kier molecular flexibility index (Phi) is 4.64. The zero-order valence-electron chi connectivity index (χ0n) is 14.9. The number of carboxylic acid groups (broad SMARTS) is 1. The Morgan fingerprint density at radius 1 is 0.929 bits per heavy atom. The van der Waals surface area contributed by atoms with Crippen LogP contribution in [0.2, 0.25) is 0 Å². The van der Waals surface area contributed by atoms with E-state index in [9.17, 15) is 9.59 Å². The molecule has 3 aromatic carbocycles. The Morgan fingerprint density at radius 2 is 1.61 bits per heavy atom. The van der Waals surface area contributed by atoms with Gasteiger partial charge < -0.3 is 9.84 Å². The molecule has 5 heteroatoms. The van der Waals surface area contributed by atoms with Crippen molar-refractivity contribution in [3.05, 3.63) is 101 Å². The number of benzene rings is 3. The number of hydrogen-bond donors (Lipinski definition) is 1. The van der Waals surface area contributed by atoms with E-state index in [-0.39, 0.29) is 17.2 Å². The monoisotopic (exact) mass is 371 g/mol. The van der Waals surface area contributed by atoms with Crippen LogP contribution < -0.4 is 9.64 Å². The van der Waals surface area contributed by atoms with Crippen molar-refractivity contribution in [2.24, 2.45) is 0 Å². The first-order valence-electron chi connectivity index (χ1n) is 8.79. The lowest BCUT2D eigenvalue weighted by atomic mass is 10.1. The highest BCUT2D eigenvalue weighted by Crippen LogP contribution is 2.36. The van der Waals surface area contributed by atoms with Crippen molar-refractivity contribution < 1.29 is 19.4 Å².